The summed E-state index contributed by atoms with van der Waals surface area (Å²) in [6.45, 7) is 27.5. The van der Waals surface area contributed by atoms with E-state index in [1.54, 1.807) is 0 Å². The Balaban J connectivity index is 2.87. The SMILES string of the molecule is C=C[C@H]1CC[C@H](O[Si](C)(C)C(C)(C)C)[C@@H](CO[Si](C)(C)C(C)(C)C)O1. The van der Waals surface area contributed by atoms with Crippen LogP contribution in [0.5, 0.6) is 0 Å². The van der Waals surface area contributed by atoms with Gasteiger partial charge in [-0.05, 0) is 49.1 Å². The summed E-state index contributed by atoms with van der Waals surface area (Å²) >= 11 is 0. The molecule has 0 aliphatic carbocycles. The molecule has 3 nitrogen and oxygen atoms in total. The van der Waals surface area contributed by atoms with Crippen molar-refractivity contribution >= 4 is 16.6 Å². The van der Waals surface area contributed by atoms with Gasteiger partial charge in [-0.25, -0.2) is 0 Å². The summed E-state index contributed by atoms with van der Waals surface area (Å²) in [5, 5.41) is 0.405. The predicted molar refractivity (Wildman–Crippen MR) is 113 cm³/mol. The molecule has 0 spiro atoms. The van der Waals surface area contributed by atoms with Gasteiger partial charge in [-0.2, -0.15) is 0 Å². The molecule has 0 bridgehead atoms. The molecule has 0 aromatic carbocycles. The minimum Gasteiger partial charge on any atom is -0.414 e. The highest BCUT2D eigenvalue weighted by atomic mass is 28.4. The molecule has 1 heterocycles. The monoisotopic (exact) mass is 386 g/mol. The van der Waals surface area contributed by atoms with E-state index in [0.717, 1.165) is 12.8 Å². The van der Waals surface area contributed by atoms with Gasteiger partial charge in [-0.15, -0.1) is 6.58 Å². The molecule has 0 radical (unpaired) electrons. The lowest BCUT2D eigenvalue weighted by molar-refractivity contribution is -0.111. The van der Waals surface area contributed by atoms with Crippen LogP contribution < -0.4 is 0 Å². The van der Waals surface area contributed by atoms with Gasteiger partial charge in [-0.1, -0.05) is 47.6 Å². The first-order valence-corrected chi connectivity index (χ1v) is 15.5. The highest BCUT2D eigenvalue weighted by Gasteiger charge is 2.44. The largest absolute Gasteiger partial charge is 0.414 e. The maximum atomic E-state index is 6.71. The Morgan fingerprint density at radius 1 is 0.960 bits per heavy atom. The summed E-state index contributed by atoms with van der Waals surface area (Å²) < 4.78 is 19.5. The van der Waals surface area contributed by atoms with E-state index in [1.807, 2.05) is 6.08 Å². The van der Waals surface area contributed by atoms with E-state index in [-0.39, 0.29) is 28.4 Å². The summed E-state index contributed by atoms with van der Waals surface area (Å²) in [5.41, 5.74) is 0. The van der Waals surface area contributed by atoms with E-state index in [1.165, 1.54) is 0 Å². The summed E-state index contributed by atoms with van der Waals surface area (Å²) in [6.07, 6.45) is 4.17. The van der Waals surface area contributed by atoms with E-state index >= 15 is 0 Å². The highest BCUT2D eigenvalue weighted by molar-refractivity contribution is 6.74. The third-order valence-electron chi connectivity index (χ3n) is 6.43. The van der Waals surface area contributed by atoms with E-state index in [0.29, 0.717) is 6.61 Å². The average molecular weight is 387 g/mol. The van der Waals surface area contributed by atoms with E-state index in [4.69, 9.17) is 13.6 Å². The van der Waals surface area contributed by atoms with Crippen LogP contribution in [0.3, 0.4) is 0 Å². The molecule has 0 N–H and O–H groups in total. The normalized spacial score (nSPS) is 26.6. The van der Waals surface area contributed by atoms with Gasteiger partial charge >= 0.3 is 0 Å². The van der Waals surface area contributed by atoms with Gasteiger partial charge in [0, 0.05) is 0 Å². The maximum absolute atomic E-state index is 6.71. The Bertz CT molecular complexity index is 447. The zero-order chi connectivity index (χ0) is 19.7. The molecule has 25 heavy (non-hydrogen) atoms. The molecular weight excluding hydrogens is 344 g/mol. The van der Waals surface area contributed by atoms with Crippen LogP contribution in [0.25, 0.3) is 0 Å². The smallest absolute Gasteiger partial charge is 0.192 e. The van der Waals surface area contributed by atoms with Crippen LogP contribution in [0.1, 0.15) is 54.4 Å². The Hall–Kier alpha value is 0.0538. The zero-order valence-corrected chi connectivity index (χ0v) is 20.4. The van der Waals surface area contributed by atoms with Crippen molar-refractivity contribution in [3.05, 3.63) is 12.7 Å². The first kappa shape index (κ1) is 23.1. The zero-order valence-electron chi connectivity index (χ0n) is 18.4. The Morgan fingerprint density at radius 3 is 1.92 bits per heavy atom. The first-order chi connectivity index (χ1) is 11.1. The second-order valence-electron chi connectivity index (χ2n) is 10.5. The van der Waals surface area contributed by atoms with Crippen molar-refractivity contribution < 1.29 is 13.6 Å². The van der Waals surface area contributed by atoms with Crippen LogP contribution >= 0.6 is 0 Å². The number of rotatable bonds is 6. The molecule has 1 aliphatic rings. The van der Waals surface area contributed by atoms with Crippen molar-refractivity contribution in [1.29, 1.82) is 0 Å². The molecule has 0 unspecified atom stereocenters. The van der Waals surface area contributed by atoms with Crippen LogP contribution in [-0.4, -0.2) is 41.6 Å². The molecular formula is C20H42O3Si2. The third-order valence-corrected chi connectivity index (χ3v) is 15.4. The molecule has 3 atom stereocenters. The summed E-state index contributed by atoms with van der Waals surface area (Å²) in [5.74, 6) is 0. The van der Waals surface area contributed by atoms with Gasteiger partial charge in [0.15, 0.2) is 16.6 Å². The quantitative estimate of drug-likeness (QED) is 0.406. The summed E-state index contributed by atoms with van der Waals surface area (Å²) in [7, 11) is -3.62. The van der Waals surface area contributed by atoms with Gasteiger partial charge in [-0.3, -0.25) is 0 Å². The summed E-state index contributed by atoms with van der Waals surface area (Å²) in [4.78, 5) is 0. The van der Waals surface area contributed by atoms with Crippen LogP contribution in [0.2, 0.25) is 36.3 Å². The molecule has 0 aromatic rings. The fraction of sp³-hybridized carbons (Fsp3) is 0.900. The molecule has 0 saturated carbocycles. The van der Waals surface area contributed by atoms with E-state index in [2.05, 4.69) is 74.3 Å². The molecule has 1 aliphatic heterocycles. The van der Waals surface area contributed by atoms with E-state index < -0.39 is 16.6 Å². The lowest BCUT2D eigenvalue weighted by Crippen LogP contribution is -2.53. The van der Waals surface area contributed by atoms with E-state index in [9.17, 15) is 0 Å². The molecule has 0 amide bonds. The third kappa shape index (κ3) is 6.03. The van der Waals surface area contributed by atoms with Crippen molar-refractivity contribution in [1.82, 2.24) is 0 Å². The number of hydrogen-bond donors (Lipinski definition) is 0. The van der Waals surface area contributed by atoms with Crippen molar-refractivity contribution in [2.24, 2.45) is 0 Å². The van der Waals surface area contributed by atoms with Crippen molar-refractivity contribution in [3.8, 4) is 0 Å². The molecule has 5 heteroatoms. The van der Waals surface area contributed by atoms with Crippen LogP contribution in [0, 0.1) is 0 Å². The molecule has 0 aromatic heterocycles. The van der Waals surface area contributed by atoms with Crippen molar-refractivity contribution in [3.63, 3.8) is 0 Å². The van der Waals surface area contributed by atoms with Crippen LogP contribution in [0.15, 0.2) is 12.7 Å². The Morgan fingerprint density at radius 2 is 1.48 bits per heavy atom. The van der Waals surface area contributed by atoms with Gasteiger partial charge in [0.25, 0.3) is 0 Å². The van der Waals surface area contributed by atoms with Gasteiger partial charge in [0.05, 0.1) is 18.8 Å². The highest BCUT2D eigenvalue weighted by Crippen LogP contribution is 2.40. The number of ether oxygens (including phenoxy) is 1. The Kier molecular flexibility index (Phi) is 7.36. The minimum absolute atomic E-state index is 0.000000000000000222. The average Bonchev–Trinajstić information content (AvgIpc) is 2.43. The summed E-state index contributed by atoms with van der Waals surface area (Å²) in [6, 6.07) is 0. The number of hydrogen-bond acceptors (Lipinski definition) is 3. The molecule has 1 saturated heterocycles. The predicted octanol–water partition coefficient (Wildman–Crippen LogP) is 6.13. The van der Waals surface area contributed by atoms with Crippen LogP contribution in [0.4, 0.5) is 0 Å². The van der Waals surface area contributed by atoms with Crippen molar-refractivity contribution in [2.45, 2.75) is 109 Å². The van der Waals surface area contributed by atoms with Crippen LogP contribution in [-0.2, 0) is 13.6 Å². The fourth-order valence-electron chi connectivity index (χ4n) is 2.41. The molecule has 148 valence electrons. The molecule has 1 rings (SSSR count). The first-order valence-electron chi connectivity index (χ1n) is 9.70. The fourth-order valence-corrected chi connectivity index (χ4v) is 4.81. The standard InChI is InChI=1S/C20H42O3Si2/c1-12-16-13-14-17(23-25(10,11)20(5,6)7)18(22-16)15-21-24(8,9)19(2,3)4/h12,16-18H,1,13-15H2,2-11H3/t16-,17-,18+/m0/s1. The maximum Gasteiger partial charge on any atom is 0.192 e. The minimum atomic E-state index is -1.83. The van der Waals surface area contributed by atoms with Gasteiger partial charge in [0.1, 0.15) is 6.10 Å². The van der Waals surface area contributed by atoms with Gasteiger partial charge in [0.2, 0.25) is 0 Å². The van der Waals surface area contributed by atoms with Gasteiger partial charge < -0.3 is 13.6 Å². The lowest BCUT2D eigenvalue weighted by atomic mass is 10.0. The topological polar surface area (TPSA) is 27.7 Å². The second-order valence-corrected chi connectivity index (χ2v) is 20.1. The molecule has 1 fully saturated rings. The second kappa shape index (κ2) is 7.97. The van der Waals surface area contributed by atoms with Crippen molar-refractivity contribution in [2.75, 3.05) is 6.61 Å². The Labute approximate surface area is 158 Å². The lowest BCUT2D eigenvalue weighted by Gasteiger charge is -2.45.